The number of halogens is 2. The molecule has 5 rings (SSSR count). The molecule has 0 aliphatic heterocycles. The zero-order valence-electron chi connectivity index (χ0n) is 19.9. The smallest absolute Gasteiger partial charge is 0.301 e. The van der Waals surface area contributed by atoms with Crippen LogP contribution in [0.15, 0.2) is 113 Å². The number of imidazole rings is 1. The molecular formula is C29H23Br2N3O2S. The lowest BCUT2D eigenvalue weighted by Gasteiger charge is -2.06. The van der Waals surface area contributed by atoms with Gasteiger partial charge < -0.3 is 22.3 Å². The van der Waals surface area contributed by atoms with E-state index < -0.39 is 0 Å². The number of hydrogen-bond acceptors (Lipinski definition) is 3. The zero-order valence-corrected chi connectivity index (χ0v) is 23.9. The van der Waals surface area contributed by atoms with Gasteiger partial charge in [0.15, 0.2) is 5.78 Å². The summed E-state index contributed by atoms with van der Waals surface area (Å²) in [5, 5.41) is 3.73. The second-order valence-electron chi connectivity index (χ2n) is 8.29. The van der Waals surface area contributed by atoms with E-state index in [-0.39, 0.29) is 34.4 Å². The number of aromatic nitrogens is 2. The average molecular weight is 637 g/mol. The number of para-hydroxylation sites is 1. The molecule has 0 saturated heterocycles. The van der Waals surface area contributed by atoms with Gasteiger partial charge in [0.1, 0.15) is 5.69 Å². The van der Waals surface area contributed by atoms with Crippen LogP contribution in [0.4, 0.5) is 5.69 Å². The quantitative estimate of drug-likeness (QED) is 0.169. The minimum absolute atomic E-state index is 0. The number of nitrogens with zero attached hydrogens (tertiary/aromatic N) is 2. The molecule has 5 aromatic rings. The number of nitrogens with one attached hydrogen (secondary N) is 1. The molecule has 0 bridgehead atoms. The van der Waals surface area contributed by atoms with E-state index in [1.807, 2.05) is 107 Å². The maximum absolute atomic E-state index is 13.7. The minimum Gasteiger partial charge on any atom is -1.00 e. The number of carbonyl (C=O) groups is 2. The summed E-state index contributed by atoms with van der Waals surface area (Å²) in [7, 11) is 0. The minimum atomic E-state index is -0.242. The topological polar surface area (TPSA) is 55.2 Å². The monoisotopic (exact) mass is 635 g/mol. The van der Waals surface area contributed by atoms with Gasteiger partial charge in [-0.3, -0.25) is 9.59 Å². The molecule has 186 valence electrons. The van der Waals surface area contributed by atoms with Crippen molar-refractivity contribution >= 4 is 50.7 Å². The fourth-order valence-electron chi connectivity index (χ4n) is 3.96. The molecule has 2 aromatic heterocycles. The molecule has 0 atom stereocenters. The number of fused-ring (bicyclic) bond motifs is 1. The van der Waals surface area contributed by atoms with Crippen LogP contribution in [0.25, 0.3) is 11.3 Å². The molecule has 0 aliphatic carbocycles. The predicted octanol–water partition coefficient (Wildman–Crippen LogP) is 3.52. The highest BCUT2D eigenvalue weighted by Gasteiger charge is 2.32. The molecule has 8 heteroatoms. The summed E-state index contributed by atoms with van der Waals surface area (Å²) in [5.74, 6) is -0.0588. The highest BCUT2D eigenvalue weighted by Crippen LogP contribution is 2.29. The fraction of sp³-hybridized carbons (Fsp3) is 0.0690. The van der Waals surface area contributed by atoms with Crippen LogP contribution in [0.2, 0.25) is 0 Å². The second-order valence-corrected chi connectivity index (χ2v) is 10.2. The number of Topliss-reactive ketones (excluding diaryl/α,β-unsaturated/α-hetero) is 1. The van der Waals surface area contributed by atoms with Crippen molar-refractivity contribution in [2.75, 3.05) is 11.1 Å². The Hall–Kier alpha value is -3.20. The molecule has 0 radical (unpaired) electrons. The normalized spacial score (nSPS) is 10.6. The molecule has 0 fully saturated rings. The summed E-state index contributed by atoms with van der Waals surface area (Å²) >= 11 is 4.78. The van der Waals surface area contributed by atoms with Crippen LogP contribution >= 0.6 is 27.7 Å². The average Bonchev–Trinajstić information content (AvgIpc) is 3.23. The van der Waals surface area contributed by atoms with E-state index >= 15 is 0 Å². The van der Waals surface area contributed by atoms with Crippen molar-refractivity contribution in [2.45, 2.75) is 11.9 Å². The SMILES string of the molecule is Cc1ccc(NC(=O)c2c(SCC(=O)c3ccc(Br)cc3)n(-c3ccccc3)c3cccc[n+]23)cc1.[Br-]. The molecule has 1 N–H and O–H groups in total. The van der Waals surface area contributed by atoms with Gasteiger partial charge in [-0.05, 0) is 49.4 Å². The molecule has 0 aliphatic rings. The largest absolute Gasteiger partial charge is 1.00 e. The van der Waals surface area contributed by atoms with Gasteiger partial charge in [0.2, 0.25) is 5.03 Å². The Bertz CT molecular complexity index is 1550. The highest BCUT2D eigenvalue weighted by atomic mass is 79.9. The van der Waals surface area contributed by atoms with Crippen molar-refractivity contribution in [3.8, 4) is 5.69 Å². The number of carbonyl (C=O) groups excluding carboxylic acids is 2. The van der Waals surface area contributed by atoms with Gasteiger partial charge in [0.25, 0.3) is 11.3 Å². The van der Waals surface area contributed by atoms with E-state index in [0.29, 0.717) is 22.0 Å². The lowest BCUT2D eigenvalue weighted by molar-refractivity contribution is -0.514. The van der Waals surface area contributed by atoms with E-state index in [4.69, 9.17) is 0 Å². The Morgan fingerprint density at radius 2 is 1.57 bits per heavy atom. The lowest BCUT2D eigenvalue weighted by Crippen LogP contribution is -3.00. The molecular weight excluding hydrogens is 614 g/mol. The zero-order chi connectivity index (χ0) is 25.1. The number of rotatable bonds is 7. The first-order valence-corrected chi connectivity index (χ1v) is 13.2. The standard InChI is InChI=1S/C29H22BrN3O2S.BrH/c1-20-10-16-23(17-11-20)31-28(35)27-29(36-19-25(34)21-12-14-22(30)15-13-21)33(24-7-3-2-4-8-24)26-9-5-6-18-32(26)27;/h2-18H,19H2,1H3;1H. The third kappa shape index (κ3) is 5.87. The maximum Gasteiger partial charge on any atom is 0.301 e. The van der Waals surface area contributed by atoms with Gasteiger partial charge in [0.05, 0.1) is 11.9 Å². The molecule has 0 spiro atoms. The lowest BCUT2D eigenvalue weighted by atomic mass is 10.2. The van der Waals surface area contributed by atoms with Crippen LogP contribution in [-0.2, 0) is 0 Å². The molecule has 5 nitrogen and oxygen atoms in total. The van der Waals surface area contributed by atoms with Crippen molar-refractivity contribution in [3.63, 3.8) is 0 Å². The molecule has 1 amide bonds. The molecule has 2 heterocycles. The Morgan fingerprint density at radius 1 is 0.892 bits per heavy atom. The van der Waals surface area contributed by atoms with Gasteiger partial charge >= 0.3 is 5.91 Å². The highest BCUT2D eigenvalue weighted by molar-refractivity contribution is 9.10. The van der Waals surface area contributed by atoms with Crippen molar-refractivity contribution in [1.82, 2.24) is 4.57 Å². The number of amides is 1. The number of aryl methyl sites for hydroxylation is 1. The summed E-state index contributed by atoms with van der Waals surface area (Å²) in [5.41, 5.74) is 4.68. The van der Waals surface area contributed by atoms with Gasteiger partial charge in [-0.15, -0.1) is 0 Å². The van der Waals surface area contributed by atoms with Crippen LogP contribution in [0, 0.1) is 6.92 Å². The first-order valence-electron chi connectivity index (χ1n) is 11.4. The third-order valence-electron chi connectivity index (χ3n) is 5.76. The van der Waals surface area contributed by atoms with Gasteiger partial charge in [-0.1, -0.05) is 81.8 Å². The van der Waals surface area contributed by atoms with Crippen LogP contribution in [0.3, 0.4) is 0 Å². The van der Waals surface area contributed by atoms with Crippen molar-refractivity contribution < 1.29 is 31.0 Å². The predicted molar refractivity (Wildman–Crippen MR) is 147 cm³/mol. The molecule has 0 saturated carbocycles. The van der Waals surface area contributed by atoms with Crippen molar-refractivity contribution in [3.05, 3.63) is 125 Å². The first kappa shape index (κ1) is 26.9. The van der Waals surface area contributed by atoms with E-state index in [1.165, 1.54) is 11.8 Å². The van der Waals surface area contributed by atoms with Crippen LogP contribution in [0.5, 0.6) is 0 Å². The number of benzene rings is 3. The maximum atomic E-state index is 13.7. The third-order valence-corrected chi connectivity index (χ3v) is 7.34. The molecule has 37 heavy (non-hydrogen) atoms. The Kier molecular flexibility index (Phi) is 8.63. The molecule has 0 unspecified atom stereocenters. The first-order chi connectivity index (χ1) is 17.5. The van der Waals surface area contributed by atoms with Crippen LogP contribution < -0.4 is 26.7 Å². The molecule has 3 aromatic carbocycles. The Labute approximate surface area is 238 Å². The number of anilines is 1. The van der Waals surface area contributed by atoms with E-state index in [2.05, 4.69) is 21.2 Å². The number of pyridine rings is 1. The van der Waals surface area contributed by atoms with Crippen molar-refractivity contribution in [1.29, 1.82) is 0 Å². The van der Waals surface area contributed by atoms with Gasteiger partial charge in [0, 0.05) is 21.8 Å². The van der Waals surface area contributed by atoms with Crippen LogP contribution in [0.1, 0.15) is 26.4 Å². The van der Waals surface area contributed by atoms with Crippen molar-refractivity contribution in [2.24, 2.45) is 0 Å². The van der Waals surface area contributed by atoms with Gasteiger partial charge in [-0.2, -0.15) is 8.97 Å². The number of ketones is 1. The van der Waals surface area contributed by atoms with E-state index in [0.717, 1.165) is 21.4 Å². The Morgan fingerprint density at radius 3 is 2.27 bits per heavy atom. The summed E-state index contributed by atoms with van der Waals surface area (Å²) in [6, 6.07) is 30.7. The summed E-state index contributed by atoms with van der Waals surface area (Å²) in [4.78, 5) is 26.7. The van der Waals surface area contributed by atoms with Crippen LogP contribution in [-0.4, -0.2) is 22.0 Å². The number of hydrogen-bond donors (Lipinski definition) is 1. The summed E-state index contributed by atoms with van der Waals surface area (Å²) in [6.45, 7) is 2.01. The fourth-order valence-corrected chi connectivity index (χ4v) is 5.32. The Balaban J connectivity index is 0.00000320. The van der Waals surface area contributed by atoms with Gasteiger partial charge in [-0.25, -0.2) is 0 Å². The summed E-state index contributed by atoms with van der Waals surface area (Å²) in [6.07, 6.45) is 1.87. The second kappa shape index (κ2) is 11.9. The number of thioether (sulfide) groups is 1. The summed E-state index contributed by atoms with van der Waals surface area (Å²) < 4.78 is 4.83. The van der Waals surface area contributed by atoms with E-state index in [9.17, 15) is 9.59 Å². The van der Waals surface area contributed by atoms with E-state index in [1.54, 1.807) is 12.1 Å².